The van der Waals surface area contributed by atoms with Crippen LogP contribution in [-0.4, -0.2) is 30.0 Å². The van der Waals surface area contributed by atoms with Crippen molar-refractivity contribution in [3.8, 4) is 0 Å². The molecular weight excluding hydrogens is 244 g/mol. The van der Waals surface area contributed by atoms with Crippen molar-refractivity contribution < 1.29 is 8.78 Å². The Morgan fingerprint density at radius 3 is 2.00 bits per heavy atom. The SMILES string of the molecule is CC(C)C1CCC2(CC1)CCN(C(C)C)CC2(F)F. The van der Waals surface area contributed by atoms with Crippen molar-refractivity contribution in [1.82, 2.24) is 4.90 Å². The van der Waals surface area contributed by atoms with Gasteiger partial charge in [-0.05, 0) is 64.3 Å². The minimum absolute atomic E-state index is 0.0307. The zero-order valence-corrected chi connectivity index (χ0v) is 12.9. The molecule has 1 spiro atoms. The third kappa shape index (κ3) is 2.81. The lowest BCUT2D eigenvalue weighted by atomic mass is 9.62. The van der Waals surface area contributed by atoms with Gasteiger partial charge in [-0.1, -0.05) is 13.8 Å². The second-order valence-electron chi connectivity index (χ2n) is 7.38. The average Bonchev–Trinajstić information content (AvgIpc) is 2.33. The monoisotopic (exact) mass is 273 g/mol. The normalized spacial score (nSPS) is 36.3. The summed E-state index contributed by atoms with van der Waals surface area (Å²) < 4.78 is 29.3. The highest BCUT2D eigenvalue weighted by Gasteiger charge is 2.57. The molecular formula is C16H29F2N. The lowest BCUT2D eigenvalue weighted by molar-refractivity contribution is -0.190. The van der Waals surface area contributed by atoms with Crippen molar-refractivity contribution in [2.75, 3.05) is 13.1 Å². The van der Waals surface area contributed by atoms with Crippen molar-refractivity contribution >= 4 is 0 Å². The van der Waals surface area contributed by atoms with Crippen LogP contribution >= 0.6 is 0 Å². The van der Waals surface area contributed by atoms with E-state index in [-0.39, 0.29) is 12.6 Å². The number of hydrogen-bond donors (Lipinski definition) is 0. The minimum atomic E-state index is -2.50. The van der Waals surface area contributed by atoms with Crippen LogP contribution in [0.25, 0.3) is 0 Å². The number of halogens is 2. The van der Waals surface area contributed by atoms with E-state index in [1.807, 2.05) is 18.7 Å². The van der Waals surface area contributed by atoms with E-state index < -0.39 is 11.3 Å². The van der Waals surface area contributed by atoms with Crippen molar-refractivity contribution in [2.45, 2.75) is 71.8 Å². The van der Waals surface area contributed by atoms with E-state index in [0.717, 1.165) is 32.2 Å². The van der Waals surface area contributed by atoms with Crippen LogP contribution in [0.2, 0.25) is 0 Å². The van der Waals surface area contributed by atoms with E-state index in [2.05, 4.69) is 13.8 Å². The van der Waals surface area contributed by atoms with Gasteiger partial charge in [-0.15, -0.1) is 0 Å². The third-order valence-corrected chi connectivity index (χ3v) is 5.72. The highest BCUT2D eigenvalue weighted by molar-refractivity contribution is 5.01. The van der Waals surface area contributed by atoms with Crippen molar-refractivity contribution in [3.05, 3.63) is 0 Å². The molecule has 0 aromatic rings. The zero-order valence-electron chi connectivity index (χ0n) is 12.9. The molecule has 0 amide bonds. The van der Waals surface area contributed by atoms with Gasteiger partial charge in [-0.2, -0.15) is 0 Å². The van der Waals surface area contributed by atoms with Crippen LogP contribution < -0.4 is 0 Å². The number of alkyl halides is 2. The molecule has 0 aromatic carbocycles. The molecule has 1 aliphatic carbocycles. The Balaban J connectivity index is 2.05. The molecule has 1 nitrogen and oxygen atoms in total. The van der Waals surface area contributed by atoms with Crippen molar-refractivity contribution in [2.24, 2.45) is 17.3 Å². The molecule has 0 radical (unpaired) electrons. The molecule has 0 N–H and O–H groups in total. The predicted molar refractivity (Wildman–Crippen MR) is 75.5 cm³/mol. The standard InChI is InChI=1S/C16H29F2N/c1-12(2)14-5-7-15(8-6-14)9-10-19(13(3)4)11-16(15,17)18/h12-14H,5-11H2,1-4H3. The molecule has 1 saturated carbocycles. The summed E-state index contributed by atoms with van der Waals surface area (Å²) in [5.41, 5.74) is -0.691. The molecule has 0 bridgehead atoms. The average molecular weight is 273 g/mol. The topological polar surface area (TPSA) is 3.24 Å². The molecule has 2 aliphatic rings. The van der Waals surface area contributed by atoms with Gasteiger partial charge in [-0.25, -0.2) is 8.78 Å². The van der Waals surface area contributed by atoms with Gasteiger partial charge < -0.3 is 0 Å². The predicted octanol–water partition coefficient (Wildman–Crippen LogP) is 4.57. The summed E-state index contributed by atoms with van der Waals surface area (Å²) in [5.74, 6) is -1.21. The van der Waals surface area contributed by atoms with Gasteiger partial charge in [0.05, 0.1) is 6.54 Å². The summed E-state index contributed by atoms with van der Waals surface area (Å²) in [6, 6.07) is 0.232. The number of nitrogens with zero attached hydrogens (tertiary/aromatic N) is 1. The first-order valence-corrected chi connectivity index (χ1v) is 7.89. The highest BCUT2D eigenvalue weighted by Crippen LogP contribution is 2.54. The first-order chi connectivity index (χ1) is 8.77. The van der Waals surface area contributed by atoms with Gasteiger partial charge >= 0.3 is 0 Å². The lowest BCUT2D eigenvalue weighted by Crippen LogP contribution is -2.58. The molecule has 0 aromatic heterocycles. The van der Waals surface area contributed by atoms with Crippen LogP contribution in [0.3, 0.4) is 0 Å². The summed E-state index contributed by atoms with van der Waals surface area (Å²) >= 11 is 0. The van der Waals surface area contributed by atoms with E-state index in [1.165, 1.54) is 0 Å². The fourth-order valence-electron chi connectivity index (χ4n) is 3.96. The van der Waals surface area contributed by atoms with Gasteiger partial charge in [0.25, 0.3) is 5.92 Å². The minimum Gasteiger partial charge on any atom is -0.295 e. The Morgan fingerprint density at radius 2 is 1.58 bits per heavy atom. The first kappa shape index (κ1) is 15.2. The van der Waals surface area contributed by atoms with E-state index in [4.69, 9.17) is 0 Å². The van der Waals surface area contributed by atoms with Crippen LogP contribution in [0.4, 0.5) is 8.78 Å². The Kier molecular flexibility index (Phi) is 4.25. The Labute approximate surface area is 116 Å². The molecule has 19 heavy (non-hydrogen) atoms. The smallest absolute Gasteiger partial charge is 0.266 e. The van der Waals surface area contributed by atoms with E-state index in [0.29, 0.717) is 18.3 Å². The summed E-state index contributed by atoms with van der Waals surface area (Å²) in [6.45, 7) is 9.30. The Bertz CT molecular complexity index is 296. The molecule has 1 saturated heterocycles. The van der Waals surface area contributed by atoms with Crippen LogP contribution in [-0.2, 0) is 0 Å². The molecule has 112 valence electrons. The largest absolute Gasteiger partial charge is 0.295 e. The second-order valence-corrected chi connectivity index (χ2v) is 7.38. The molecule has 3 heteroatoms. The molecule has 2 rings (SSSR count). The second kappa shape index (κ2) is 5.31. The number of rotatable bonds is 2. The fourth-order valence-corrected chi connectivity index (χ4v) is 3.96. The van der Waals surface area contributed by atoms with Crippen LogP contribution in [0.15, 0.2) is 0 Å². The van der Waals surface area contributed by atoms with Gasteiger partial charge in [0.1, 0.15) is 0 Å². The molecule has 1 aliphatic heterocycles. The van der Waals surface area contributed by atoms with Gasteiger partial charge in [-0.3, -0.25) is 4.90 Å². The van der Waals surface area contributed by atoms with Crippen molar-refractivity contribution in [1.29, 1.82) is 0 Å². The van der Waals surface area contributed by atoms with Crippen LogP contribution in [0.5, 0.6) is 0 Å². The highest BCUT2D eigenvalue weighted by atomic mass is 19.3. The number of hydrogen-bond acceptors (Lipinski definition) is 1. The third-order valence-electron chi connectivity index (χ3n) is 5.72. The van der Waals surface area contributed by atoms with Gasteiger partial charge in [0.2, 0.25) is 0 Å². The summed E-state index contributed by atoms with van der Waals surface area (Å²) in [6.07, 6.45) is 4.14. The van der Waals surface area contributed by atoms with Crippen molar-refractivity contribution in [3.63, 3.8) is 0 Å². The van der Waals surface area contributed by atoms with E-state index in [9.17, 15) is 8.78 Å². The Morgan fingerprint density at radius 1 is 1.00 bits per heavy atom. The van der Waals surface area contributed by atoms with Crippen LogP contribution in [0, 0.1) is 17.3 Å². The lowest BCUT2D eigenvalue weighted by Gasteiger charge is -2.52. The maximum absolute atomic E-state index is 14.6. The van der Waals surface area contributed by atoms with Crippen LogP contribution in [0.1, 0.15) is 59.8 Å². The summed E-state index contributed by atoms with van der Waals surface area (Å²) in [7, 11) is 0. The number of likely N-dealkylation sites (tertiary alicyclic amines) is 1. The van der Waals surface area contributed by atoms with Gasteiger partial charge in [0.15, 0.2) is 0 Å². The van der Waals surface area contributed by atoms with E-state index in [1.54, 1.807) is 0 Å². The number of piperidine rings is 1. The fraction of sp³-hybridized carbons (Fsp3) is 1.00. The maximum Gasteiger partial charge on any atom is 0.266 e. The van der Waals surface area contributed by atoms with E-state index >= 15 is 0 Å². The summed E-state index contributed by atoms with van der Waals surface area (Å²) in [5, 5.41) is 0. The summed E-state index contributed by atoms with van der Waals surface area (Å²) in [4.78, 5) is 1.94. The molecule has 0 atom stereocenters. The zero-order chi connectivity index (χ0) is 14.3. The quantitative estimate of drug-likeness (QED) is 0.712. The molecule has 0 unspecified atom stereocenters. The maximum atomic E-state index is 14.6. The molecule has 2 fully saturated rings. The molecule has 1 heterocycles. The first-order valence-electron chi connectivity index (χ1n) is 7.89. The Hall–Kier alpha value is -0.180. The van der Waals surface area contributed by atoms with Gasteiger partial charge in [0, 0.05) is 11.5 Å².